The van der Waals surface area contributed by atoms with E-state index in [9.17, 15) is 4.79 Å². The van der Waals surface area contributed by atoms with Gasteiger partial charge < -0.3 is 9.80 Å². The molecule has 1 fully saturated rings. The highest BCUT2D eigenvalue weighted by Gasteiger charge is 2.24. The molecule has 4 aromatic rings. The van der Waals surface area contributed by atoms with Crippen molar-refractivity contribution in [2.45, 2.75) is 0 Å². The summed E-state index contributed by atoms with van der Waals surface area (Å²) in [6, 6.07) is 11.7. The Balaban J connectivity index is 1.34. The van der Waals surface area contributed by atoms with Gasteiger partial charge in [-0.2, -0.15) is 10.1 Å². The van der Waals surface area contributed by atoms with Crippen molar-refractivity contribution < 1.29 is 4.79 Å². The summed E-state index contributed by atoms with van der Waals surface area (Å²) in [6.07, 6.45) is 4.86. The quantitative estimate of drug-likeness (QED) is 0.584. The molecule has 9 heteroatoms. The van der Waals surface area contributed by atoms with Crippen molar-refractivity contribution in [3.8, 4) is 5.69 Å². The van der Waals surface area contributed by atoms with Crippen LogP contribution in [0.3, 0.4) is 0 Å². The number of nitrogens with zero attached hydrogens (tertiary/aromatic N) is 7. The lowest BCUT2D eigenvalue weighted by atomic mass is 10.2. The maximum absolute atomic E-state index is 12.9. The molecule has 0 radical (unpaired) electrons. The van der Waals surface area contributed by atoms with Crippen molar-refractivity contribution in [3.05, 3.63) is 60.8 Å². The first-order valence-corrected chi connectivity index (χ1v) is 9.08. The second kappa shape index (κ2) is 6.76. The van der Waals surface area contributed by atoms with Crippen LogP contribution in [-0.2, 0) is 0 Å². The van der Waals surface area contributed by atoms with E-state index < -0.39 is 0 Å². The molecular weight excluding hydrogens is 356 g/mol. The number of aromatic amines is 1. The number of hydrogen-bond donors (Lipinski definition) is 1. The van der Waals surface area contributed by atoms with Crippen molar-refractivity contribution in [1.29, 1.82) is 0 Å². The first kappa shape index (κ1) is 16.4. The van der Waals surface area contributed by atoms with Gasteiger partial charge in [-0.05, 0) is 18.2 Å². The third kappa shape index (κ3) is 2.86. The van der Waals surface area contributed by atoms with E-state index in [-0.39, 0.29) is 5.91 Å². The van der Waals surface area contributed by atoms with Gasteiger partial charge >= 0.3 is 0 Å². The van der Waals surface area contributed by atoms with E-state index in [0.717, 1.165) is 17.3 Å². The molecule has 1 saturated heterocycles. The second-order valence-electron chi connectivity index (χ2n) is 6.61. The Morgan fingerprint density at radius 1 is 1.00 bits per heavy atom. The number of imidazole rings is 1. The average Bonchev–Trinajstić information content (AvgIpc) is 3.44. The number of para-hydroxylation sites is 1. The molecule has 9 nitrogen and oxygen atoms in total. The highest BCUT2D eigenvalue weighted by Crippen LogP contribution is 2.18. The molecule has 0 atom stereocenters. The van der Waals surface area contributed by atoms with Crippen LogP contribution in [0.25, 0.3) is 16.9 Å². The van der Waals surface area contributed by atoms with Crippen molar-refractivity contribution in [2.24, 2.45) is 0 Å². The Hall–Kier alpha value is -3.75. The van der Waals surface area contributed by atoms with E-state index in [4.69, 9.17) is 0 Å². The number of H-pyrrole nitrogens is 1. The van der Waals surface area contributed by atoms with E-state index in [1.54, 1.807) is 12.5 Å². The number of amides is 1. The molecule has 3 aromatic heterocycles. The molecule has 1 aliphatic heterocycles. The smallest absolute Gasteiger partial charge is 0.255 e. The Labute approximate surface area is 160 Å². The lowest BCUT2D eigenvalue weighted by Crippen LogP contribution is -2.49. The average molecular weight is 374 g/mol. The number of piperazine rings is 1. The summed E-state index contributed by atoms with van der Waals surface area (Å²) in [5, 5.41) is 6.74. The maximum atomic E-state index is 12.9. The first-order chi connectivity index (χ1) is 13.8. The molecule has 1 aliphatic rings. The summed E-state index contributed by atoms with van der Waals surface area (Å²) < 4.78 is 1.92. The Morgan fingerprint density at radius 3 is 2.57 bits per heavy atom. The minimum atomic E-state index is -0.0270. The van der Waals surface area contributed by atoms with Crippen molar-refractivity contribution in [3.63, 3.8) is 0 Å². The van der Waals surface area contributed by atoms with E-state index >= 15 is 0 Å². The highest BCUT2D eigenvalue weighted by atomic mass is 16.2. The Bertz CT molecular complexity index is 1100. The summed E-state index contributed by atoms with van der Waals surface area (Å²) >= 11 is 0. The molecule has 1 N–H and O–H groups in total. The summed E-state index contributed by atoms with van der Waals surface area (Å²) in [6.45, 7) is 2.66. The van der Waals surface area contributed by atoms with Gasteiger partial charge in [0.1, 0.15) is 18.2 Å². The van der Waals surface area contributed by atoms with E-state index in [1.165, 1.54) is 6.33 Å². The standard InChI is InChI=1S/C19H18N8O/c28-18(25-6-8-26(9-7-25)19-21-12-23-24-19)14-10-16-17(20-11-14)27(13-22-16)15-4-2-1-3-5-15/h1-5,10-13H,6-9H2,(H,21,23,24). The summed E-state index contributed by atoms with van der Waals surface area (Å²) in [5.41, 5.74) is 2.98. The van der Waals surface area contributed by atoms with Crippen LogP contribution in [0.15, 0.2) is 55.2 Å². The highest BCUT2D eigenvalue weighted by molar-refractivity contribution is 5.96. The topological polar surface area (TPSA) is 95.8 Å². The van der Waals surface area contributed by atoms with Crippen LogP contribution in [0.5, 0.6) is 0 Å². The fourth-order valence-corrected chi connectivity index (χ4v) is 3.45. The summed E-state index contributed by atoms with van der Waals surface area (Å²) in [7, 11) is 0. The zero-order valence-corrected chi connectivity index (χ0v) is 15.1. The Kier molecular flexibility index (Phi) is 3.97. The molecule has 0 spiro atoms. The van der Waals surface area contributed by atoms with Crippen LogP contribution in [0.2, 0.25) is 0 Å². The lowest BCUT2D eigenvalue weighted by molar-refractivity contribution is 0.0746. The van der Waals surface area contributed by atoms with Gasteiger partial charge in [-0.15, -0.1) is 0 Å². The van der Waals surface area contributed by atoms with Gasteiger partial charge in [0.2, 0.25) is 5.95 Å². The van der Waals surface area contributed by atoms with E-state index in [0.29, 0.717) is 37.3 Å². The minimum absolute atomic E-state index is 0.0270. The molecule has 28 heavy (non-hydrogen) atoms. The van der Waals surface area contributed by atoms with Crippen LogP contribution in [-0.4, -0.2) is 66.7 Å². The van der Waals surface area contributed by atoms with Gasteiger partial charge in [-0.25, -0.2) is 15.1 Å². The molecule has 0 bridgehead atoms. The third-order valence-corrected chi connectivity index (χ3v) is 4.94. The van der Waals surface area contributed by atoms with E-state index in [1.807, 2.05) is 45.9 Å². The third-order valence-electron chi connectivity index (χ3n) is 4.94. The summed E-state index contributed by atoms with van der Waals surface area (Å²) in [4.78, 5) is 29.9. The zero-order chi connectivity index (χ0) is 18.9. The van der Waals surface area contributed by atoms with Gasteiger partial charge in [0, 0.05) is 38.1 Å². The van der Waals surface area contributed by atoms with Crippen LogP contribution < -0.4 is 4.90 Å². The molecule has 1 aromatic carbocycles. The largest absolute Gasteiger partial charge is 0.338 e. The Morgan fingerprint density at radius 2 is 1.82 bits per heavy atom. The number of aromatic nitrogens is 6. The number of fused-ring (bicyclic) bond motifs is 1. The van der Waals surface area contributed by atoms with Crippen LogP contribution in [0, 0.1) is 0 Å². The van der Waals surface area contributed by atoms with Crippen LogP contribution in [0.4, 0.5) is 5.95 Å². The second-order valence-corrected chi connectivity index (χ2v) is 6.61. The molecule has 1 amide bonds. The number of pyridine rings is 1. The monoisotopic (exact) mass is 374 g/mol. The van der Waals surface area contributed by atoms with Crippen LogP contribution >= 0.6 is 0 Å². The lowest BCUT2D eigenvalue weighted by Gasteiger charge is -2.34. The molecule has 0 unspecified atom stereocenters. The fraction of sp³-hybridized carbons (Fsp3) is 0.211. The summed E-state index contributed by atoms with van der Waals surface area (Å²) in [5.74, 6) is 0.711. The SMILES string of the molecule is O=C(c1cnc2c(c1)ncn2-c1ccccc1)N1CCN(c2ncn[nH]2)CC1. The number of rotatable bonds is 3. The minimum Gasteiger partial charge on any atom is -0.338 e. The number of carbonyl (C=O) groups excluding carboxylic acids is 1. The molecular formula is C19H18N8O. The van der Waals surface area contributed by atoms with E-state index in [2.05, 4.69) is 30.0 Å². The van der Waals surface area contributed by atoms with Gasteiger partial charge in [0.25, 0.3) is 5.91 Å². The zero-order valence-electron chi connectivity index (χ0n) is 15.1. The number of benzene rings is 1. The predicted molar refractivity (Wildman–Crippen MR) is 103 cm³/mol. The fourth-order valence-electron chi connectivity index (χ4n) is 3.45. The van der Waals surface area contributed by atoms with Crippen molar-refractivity contribution in [1.82, 2.24) is 34.6 Å². The number of nitrogens with one attached hydrogen (secondary N) is 1. The van der Waals surface area contributed by atoms with Gasteiger partial charge in [0.05, 0.1) is 5.56 Å². The predicted octanol–water partition coefficient (Wildman–Crippen LogP) is 1.50. The van der Waals surface area contributed by atoms with Crippen LogP contribution in [0.1, 0.15) is 10.4 Å². The first-order valence-electron chi connectivity index (χ1n) is 9.08. The molecule has 140 valence electrons. The van der Waals surface area contributed by atoms with Crippen molar-refractivity contribution in [2.75, 3.05) is 31.1 Å². The maximum Gasteiger partial charge on any atom is 0.255 e. The van der Waals surface area contributed by atoms with Gasteiger partial charge in [-0.1, -0.05) is 18.2 Å². The normalized spacial score (nSPS) is 14.6. The van der Waals surface area contributed by atoms with Gasteiger partial charge in [-0.3, -0.25) is 9.36 Å². The van der Waals surface area contributed by atoms with Crippen molar-refractivity contribution >= 4 is 23.0 Å². The number of anilines is 1. The molecule has 0 saturated carbocycles. The molecule has 0 aliphatic carbocycles. The molecule has 5 rings (SSSR count). The van der Waals surface area contributed by atoms with Gasteiger partial charge in [0.15, 0.2) is 5.65 Å². The number of carbonyl (C=O) groups is 1. The molecule has 4 heterocycles. The number of hydrogen-bond acceptors (Lipinski definition) is 6.